The normalized spacial score (nSPS) is 12.0. The summed E-state index contributed by atoms with van der Waals surface area (Å²) in [6, 6.07) is 15.9. The number of carbonyl (C=O) groups excluding carboxylic acids is 1. The molecule has 0 fully saturated rings. The second kappa shape index (κ2) is 7.74. The average Bonchev–Trinajstić information content (AvgIpc) is 2.96. The zero-order valence-electron chi connectivity index (χ0n) is 15.4. The van der Waals surface area contributed by atoms with Gasteiger partial charge in [-0.3, -0.25) is 9.36 Å². The van der Waals surface area contributed by atoms with Crippen LogP contribution in [0.1, 0.15) is 23.9 Å². The number of amides is 1. The maximum Gasteiger partial charge on any atom is 0.237 e. The van der Waals surface area contributed by atoms with Gasteiger partial charge in [-0.25, -0.2) is 0 Å². The highest BCUT2D eigenvalue weighted by Gasteiger charge is 2.20. The van der Waals surface area contributed by atoms with Crippen molar-refractivity contribution in [3.05, 3.63) is 65.5 Å². The molecule has 0 saturated carbocycles. The Morgan fingerprint density at radius 1 is 1.04 bits per heavy atom. The van der Waals surface area contributed by atoms with Crippen molar-refractivity contribution in [2.75, 3.05) is 5.32 Å². The third kappa shape index (κ3) is 4.14. The lowest BCUT2D eigenvalue weighted by Gasteiger charge is -2.13. The van der Waals surface area contributed by atoms with E-state index in [4.69, 9.17) is 0 Å². The molecule has 0 saturated heterocycles. The maximum atomic E-state index is 12.5. The molecule has 1 atom stereocenters. The topological polar surface area (TPSA) is 59.8 Å². The molecule has 0 unspecified atom stereocenters. The van der Waals surface area contributed by atoms with E-state index < -0.39 is 0 Å². The SMILES string of the molecule is Cc1ccc(-n2c(C)nnc2S[C@@H](C)C(=O)Nc2cccc(C)c2)cc1. The molecule has 0 aliphatic carbocycles. The molecule has 3 aromatic rings. The van der Waals surface area contributed by atoms with Gasteiger partial charge in [-0.05, 0) is 57.5 Å². The number of anilines is 1. The van der Waals surface area contributed by atoms with Crippen molar-refractivity contribution in [2.24, 2.45) is 0 Å². The van der Waals surface area contributed by atoms with Crippen molar-refractivity contribution in [2.45, 2.75) is 38.1 Å². The zero-order valence-corrected chi connectivity index (χ0v) is 16.2. The first-order chi connectivity index (χ1) is 12.4. The van der Waals surface area contributed by atoms with Crippen molar-refractivity contribution in [3.63, 3.8) is 0 Å². The van der Waals surface area contributed by atoms with Gasteiger partial charge in [-0.2, -0.15) is 0 Å². The predicted molar refractivity (Wildman–Crippen MR) is 106 cm³/mol. The Morgan fingerprint density at radius 2 is 1.77 bits per heavy atom. The fourth-order valence-corrected chi connectivity index (χ4v) is 3.50. The Bertz CT molecular complexity index is 918. The first-order valence-corrected chi connectivity index (χ1v) is 9.35. The lowest BCUT2D eigenvalue weighted by molar-refractivity contribution is -0.115. The molecule has 1 heterocycles. The molecule has 3 rings (SSSR count). The number of thioether (sulfide) groups is 1. The average molecular weight is 366 g/mol. The third-order valence-corrected chi connectivity index (χ3v) is 5.07. The van der Waals surface area contributed by atoms with Crippen LogP contribution in [0, 0.1) is 20.8 Å². The molecule has 0 bridgehead atoms. The van der Waals surface area contributed by atoms with Crippen LogP contribution in [0.25, 0.3) is 5.69 Å². The van der Waals surface area contributed by atoms with Crippen LogP contribution in [-0.4, -0.2) is 25.9 Å². The lowest BCUT2D eigenvalue weighted by Crippen LogP contribution is -2.23. The van der Waals surface area contributed by atoms with Crippen molar-refractivity contribution in [3.8, 4) is 5.69 Å². The lowest BCUT2D eigenvalue weighted by atomic mass is 10.2. The Morgan fingerprint density at radius 3 is 2.46 bits per heavy atom. The molecule has 0 radical (unpaired) electrons. The molecular formula is C20H22N4OS. The minimum atomic E-state index is -0.302. The van der Waals surface area contributed by atoms with Crippen LogP contribution in [0.15, 0.2) is 53.7 Å². The van der Waals surface area contributed by atoms with Gasteiger partial charge in [0.1, 0.15) is 5.82 Å². The Hall–Kier alpha value is -2.60. The highest BCUT2D eigenvalue weighted by atomic mass is 32.2. The summed E-state index contributed by atoms with van der Waals surface area (Å²) < 4.78 is 1.97. The van der Waals surface area contributed by atoms with Crippen LogP contribution < -0.4 is 5.32 Å². The second-order valence-corrected chi connectivity index (χ2v) is 7.63. The van der Waals surface area contributed by atoms with Crippen molar-refractivity contribution < 1.29 is 4.79 Å². The summed E-state index contributed by atoms with van der Waals surface area (Å²) in [5.74, 6) is 0.736. The van der Waals surface area contributed by atoms with Crippen LogP contribution in [0.3, 0.4) is 0 Å². The quantitative estimate of drug-likeness (QED) is 0.684. The molecule has 1 amide bonds. The summed E-state index contributed by atoms with van der Waals surface area (Å²) >= 11 is 1.40. The van der Waals surface area contributed by atoms with Gasteiger partial charge in [-0.15, -0.1) is 10.2 Å². The van der Waals surface area contributed by atoms with Crippen molar-refractivity contribution >= 4 is 23.4 Å². The summed E-state index contributed by atoms with van der Waals surface area (Å²) in [6.07, 6.45) is 0. The van der Waals surface area contributed by atoms with Crippen LogP contribution in [0.5, 0.6) is 0 Å². The smallest absolute Gasteiger partial charge is 0.237 e. The van der Waals surface area contributed by atoms with Crippen molar-refractivity contribution in [1.82, 2.24) is 14.8 Å². The highest BCUT2D eigenvalue weighted by Crippen LogP contribution is 2.26. The molecule has 134 valence electrons. The number of nitrogens with one attached hydrogen (secondary N) is 1. The molecule has 1 N–H and O–H groups in total. The molecule has 6 heteroatoms. The molecule has 5 nitrogen and oxygen atoms in total. The highest BCUT2D eigenvalue weighted by molar-refractivity contribution is 8.00. The van der Waals surface area contributed by atoms with E-state index in [-0.39, 0.29) is 11.2 Å². The molecule has 0 spiro atoms. The van der Waals surface area contributed by atoms with Gasteiger partial charge in [-0.1, -0.05) is 41.6 Å². The first kappa shape index (κ1) is 18.2. The fraction of sp³-hybridized carbons (Fsp3) is 0.250. The van der Waals surface area contributed by atoms with Crippen LogP contribution >= 0.6 is 11.8 Å². The molecule has 0 aliphatic heterocycles. The minimum absolute atomic E-state index is 0.0586. The summed E-state index contributed by atoms with van der Waals surface area (Å²) in [5, 5.41) is 11.8. The zero-order chi connectivity index (χ0) is 18.7. The molecule has 0 aliphatic rings. The summed E-state index contributed by atoms with van der Waals surface area (Å²) in [7, 11) is 0. The van der Waals surface area contributed by atoms with E-state index in [0.29, 0.717) is 5.16 Å². The second-order valence-electron chi connectivity index (χ2n) is 6.32. The monoisotopic (exact) mass is 366 g/mol. The predicted octanol–water partition coefficient (Wildman–Crippen LogP) is 4.31. The summed E-state index contributed by atoms with van der Waals surface area (Å²) in [6.45, 7) is 7.84. The molecular weight excluding hydrogens is 344 g/mol. The van der Waals surface area contributed by atoms with E-state index in [2.05, 4.69) is 34.6 Å². The molecule has 26 heavy (non-hydrogen) atoms. The number of aryl methyl sites for hydroxylation is 3. The van der Waals surface area contributed by atoms with Crippen LogP contribution in [-0.2, 0) is 4.79 Å². The first-order valence-electron chi connectivity index (χ1n) is 8.47. The Balaban J connectivity index is 1.76. The van der Waals surface area contributed by atoms with Gasteiger partial charge in [0.05, 0.1) is 5.25 Å². The van der Waals surface area contributed by atoms with Gasteiger partial charge < -0.3 is 5.32 Å². The standard InChI is InChI=1S/C20H22N4OS/c1-13-8-10-18(11-9-13)24-16(4)22-23-20(24)26-15(3)19(25)21-17-7-5-6-14(2)12-17/h5-12,15H,1-4H3,(H,21,25)/t15-/m0/s1. The van der Waals surface area contributed by atoms with Crippen LogP contribution in [0.4, 0.5) is 5.69 Å². The van der Waals surface area contributed by atoms with Gasteiger partial charge in [0.25, 0.3) is 0 Å². The summed E-state index contributed by atoms with van der Waals surface area (Å²) in [4.78, 5) is 12.5. The third-order valence-electron chi connectivity index (χ3n) is 4.02. The van der Waals surface area contributed by atoms with Crippen LogP contribution in [0.2, 0.25) is 0 Å². The van der Waals surface area contributed by atoms with E-state index in [1.165, 1.54) is 17.3 Å². The largest absolute Gasteiger partial charge is 0.325 e. The number of rotatable bonds is 5. The van der Waals surface area contributed by atoms with Gasteiger partial charge in [0.2, 0.25) is 5.91 Å². The number of aromatic nitrogens is 3. The number of carbonyl (C=O) groups is 1. The number of hydrogen-bond donors (Lipinski definition) is 1. The molecule has 2 aromatic carbocycles. The Kier molecular flexibility index (Phi) is 5.42. The van der Waals surface area contributed by atoms with Crippen molar-refractivity contribution in [1.29, 1.82) is 0 Å². The minimum Gasteiger partial charge on any atom is -0.325 e. The summed E-state index contributed by atoms with van der Waals surface area (Å²) in [5.41, 5.74) is 4.10. The molecule has 1 aromatic heterocycles. The van der Waals surface area contributed by atoms with E-state index in [9.17, 15) is 4.79 Å². The van der Waals surface area contributed by atoms with E-state index >= 15 is 0 Å². The number of benzene rings is 2. The van der Waals surface area contributed by atoms with E-state index in [0.717, 1.165) is 22.8 Å². The van der Waals surface area contributed by atoms with Gasteiger partial charge in [0, 0.05) is 11.4 Å². The number of hydrogen-bond acceptors (Lipinski definition) is 4. The van der Waals surface area contributed by atoms with Gasteiger partial charge >= 0.3 is 0 Å². The van der Waals surface area contributed by atoms with E-state index in [1.54, 1.807) is 0 Å². The van der Waals surface area contributed by atoms with E-state index in [1.807, 2.05) is 61.7 Å². The fourth-order valence-electron chi connectivity index (χ4n) is 2.59. The Labute approximate surface area is 157 Å². The van der Waals surface area contributed by atoms with Gasteiger partial charge in [0.15, 0.2) is 5.16 Å². The maximum absolute atomic E-state index is 12.5. The number of nitrogens with zero attached hydrogens (tertiary/aromatic N) is 3.